The molecule has 0 radical (unpaired) electrons. The molecule has 0 saturated heterocycles. The molecule has 8 aromatic carbocycles. The molecule has 9 heterocycles. The third kappa shape index (κ3) is 14.3. The highest BCUT2D eigenvalue weighted by atomic mass is 16.5. The summed E-state index contributed by atoms with van der Waals surface area (Å²) in [5, 5.41) is 31.6. The molecule has 0 aliphatic carbocycles. The lowest BCUT2D eigenvalue weighted by molar-refractivity contribution is 0.111. The fourth-order valence-electron chi connectivity index (χ4n) is 15.4. The summed E-state index contributed by atoms with van der Waals surface area (Å²) in [6, 6.07) is 85.6. The van der Waals surface area contributed by atoms with Gasteiger partial charge in [-0.15, -0.1) is 0 Å². The molecule has 536 valence electrons. The first-order valence-electron chi connectivity index (χ1n) is 35.5. The van der Waals surface area contributed by atoms with Crippen molar-refractivity contribution in [3.8, 4) is 51.8 Å². The summed E-state index contributed by atoms with van der Waals surface area (Å²) in [4.78, 5) is 64.4. The van der Waals surface area contributed by atoms with Crippen LogP contribution in [0.25, 0.3) is 34.6 Å². The van der Waals surface area contributed by atoms with Crippen molar-refractivity contribution in [2.45, 2.75) is 102 Å². The third-order valence-electron chi connectivity index (χ3n) is 20.3. The maximum atomic E-state index is 13.3. The fourth-order valence-corrected chi connectivity index (χ4v) is 15.4. The predicted molar refractivity (Wildman–Crippen MR) is 414 cm³/mol. The molecule has 18 nitrogen and oxygen atoms in total. The van der Waals surface area contributed by atoms with Crippen LogP contribution in [0.2, 0.25) is 0 Å². The zero-order chi connectivity index (χ0) is 72.8. The first kappa shape index (κ1) is 71.2. The number of aldehydes is 1. The highest BCUT2D eigenvalue weighted by molar-refractivity contribution is 5.75. The SMILES string of the molecule is C.CC(O)c1cnc2n1C[C@H](C(c1ccccc1)c1ccccc1)n1ccc(=O)c(O)c1-2.CC(O)c1cnc2n1C[C@H](C(c1ccccc1)c1ccccc1)n1ccc(=O)c(OCc3ccccc3)c1-2.O=Cc1cnc2n1C[C@H](C(c1ccccc1)c1ccccc1)n1ccc(=O)c(OCc3ccccc3)c1-2. The number of aromatic nitrogens is 9. The predicted octanol–water partition coefficient (Wildman–Crippen LogP) is 15.7. The van der Waals surface area contributed by atoms with Crippen molar-refractivity contribution in [3.63, 3.8) is 0 Å². The first-order chi connectivity index (χ1) is 51.9. The molecule has 3 aliphatic heterocycles. The van der Waals surface area contributed by atoms with E-state index in [0.29, 0.717) is 71.3 Å². The van der Waals surface area contributed by atoms with Crippen LogP contribution in [0.15, 0.2) is 312 Å². The van der Waals surface area contributed by atoms with Gasteiger partial charge < -0.3 is 52.2 Å². The highest BCUT2D eigenvalue weighted by Crippen LogP contribution is 2.48. The Morgan fingerprint density at radius 1 is 0.393 bits per heavy atom. The Bertz CT molecular complexity index is 5430. The second kappa shape index (κ2) is 31.7. The van der Waals surface area contributed by atoms with Crippen molar-refractivity contribution in [3.05, 3.63) is 390 Å². The maximum absolute atomic E-state index is 13.3. The van der Waals surface area contributed by atoms with Crippen molar-refractivity contribution in [1.29, 1.82) is 0 Å². The largest absolute Gasteiger partial charge is 0.503 e. The van der Waals surface area contributed by atoms with Crippen molar-refractivity contribution in [1.82, 2.24) is 42.4 Å². The molecule has 2 unspecified atom stereocenters. The van der Waals surface area contributed by atoms with Crippen LogP contribution in [-0.4, -0.2) is 64.0 Å². The molecule has 0 bridgehead atoms. The van der Waals surface area contributed by atoms with Crippen molar-refractivity contribution in [2.75, 3.05) is 0 Å². The van der Waals surface area contributed by atoms with Gasteiger partial charge >= 0.3 is 0 Å². The van der Waals surface area contributed by atoms with Crippen LogP contribution in [0.1, 0.15) is 136 Å². The Morgan fingerprint density at radius 3 is 1.00 bits per heavy atom. The molecule has 0 spiro atoms. The van der Waals surface area contributed by atoms with E-state index in [1.165, 1.54) is 17.2 Å². The molecule has 6 aromatic heterocycles. The van der Waals surface area contributed by atoms with Crippen LogP contribution in [-0.2, 0) is 32.8 Å². The quantitative estimate of drug-likeness (QED) is 0.0684. The summed E-state index contributed by atoms with van der Waals surface area (Å²) in [7, 11) is 0. The van der Waals surface area contributed by atoms with E-state index in [1.54, 1.807) is 50.8 Å². The number of nitrogens with zero attached hydrogens (tertiary/aromatic N) is 9. The molecule has 3 aliphatic rings. The Kier molecular flexibility index (Phi) is 21.1. The number of aromatic hydroxyl groups is 1. The van der Waals surface area contributed by atoms with Gasteiger partial charge in [-0.1, -0.05) is 250 Å². The smallest absolute Gasteiger partial charge is 0.224 e. The molecule has 3 N–H and O–H groups in total. The molecule has 0 fully saturated rings. The van der Waals surface area contributed by atoms with Crippen LogP contribution in [0, 0.1) is 0 Å². The Labute approximate surface area is 619 Å². The number of ether oxygens (including phenoxy) is 2. The standard InChI is InChI=1S/C32H29N3O3.C31H25N3O3.C25H23N3O3.CH4/c1-22(36)26-19-33-32-30-31(38-21-23-11-5-2-6-12-23)28(37)17-18-34(30)27(20-35(26)32)29(24-13-7-3-8-14-24)25-15-9-4-10-16-25;35-20-25-18-32-31-29-30(37-21-22-10-4-1-5-11-22)27(36)16-17-33(29)26(19-34(25)31)28(23-12-6-2-7-13-23)24-14-8-3-9-15-24;1-16(29)19-14-26-25-23-24(31)21(30)12-13-27(23)20(15-28(19)25)22(17-8-4-2-5-9-17)18-10-6-3-7-11-18;/h2-19,22,27,29,36H,20-21H2,1H3;1-18,20,26,28H,19,21H2;2-14,16,20,22,29,31H,15H2,1H3;1H4/t22?,27-;26-;16?,20-;/m111./s1. The van der Waals surface area contributed by atoms with Crippen LogP contribution in [0.4, 0.5) is 0 Å². The van der Waals surface area contributed by atoms with Crippen molar-refractivity contribution in [2.24, 2.45) is 0 Å². The van der Waals surface area contributed by atoms with Gasteiger partial charge in [-0.3, -0.25) is 19.2 Å². The Morgan fingerprint density at radius 2 is 0.673 bits per heavy atom. The lowest BCUT2D eigenvalue weighted by Gasteiger charge is -2.37. The maximum Gasteiger partial charge on any atom is 0.224 e. The number of rotatable bonds is 18. The van der Waals surface area contributed by atoms with Gasteiger partial charge in [0.2, 0.25) is 16.3 Å². The summed E-state index contributed by atoms with van der Waals surface area (Å²) in [5.41, 5.74) is 11.4. The Balaban J connectivity index is 0.000000135. The molecule has 0 amide bonds. The normalized spacial score (nSPS) is 14.9. The number of pyridine rings is 3. The van der Waals surface area contributed by atoms with Gasteiger partial charge in [-0.05, 0) is 58.4 Å². The lowest BCUT2D eigenvalue weighted by atomic mass is 9.83. The summed E-state index contributed by atoms with van der Waals surface area (Å²) < 4.78 is 24.5. The minimum Gasteiger partial charge on any atom is -0.503 e. The zero-order valence-corrected chi connectivity index (χ0v) is 58.3. The summed E-state index contributed by atoms with van der Waals surface area (Å²) in [6.45, 7) is 5.59. The van der Waals surface area contributed by atoms with E-state index >= 15 is 0 Å². The minimum atomic E-state index is -0.724. The second-order valence-corrected chi connectivity index (χ2v) is 26.8. The van der Waals surface area contributed by atoms with Crippen LogP contribution < -0.4 is 25.8 Å². The highest BCUT2D eigenvalue weighted by Gasteiger charge is 2.40. The summed E-state index contributed by atoms with van der Waals surface area (Å²) in [5.74, 6) is 1.75. The first-order valence-corrected chi connectivity index (χ1v) is 35.5. The van der Waals surface area contributed by atoms with Crippen LogP contribution in [0.5, 0.6) is 17.2 Å². The topological polar surface area (TPSA) is 216 Å². The zero-order valence-electron chi connectivity index (χ0n) is 58.3. The number of carbonyl (C=O) groups is 1. The summed E-state index contributed by atoms with van der Waals surface area (Å²) >= 11 is 0. The van der Waals surface area contributed by atoms with Gasteiger partial charge in [0.15, 0.2) is 41.0 Å². The molecule has 18 heteroatoms. The van der Waals surface area contributed by atoms with Gasteiger partial charge in [0, 0.05) is 74.2 Å². The molecule has 107 heavy (non-hydrogen) atoms. The minimum absolute atomic E-state index is 0. The number of aliphatic hydroxyl groups is 2. The average molecular weight is 1420 g/mol. The number of aliphatic hydroxyl groups excluding tert-OH is 2. The van der Waals surface area contributed by atoms with Crippen LogP contribution >= 0.6 is 0 Å². The van der Waals surface area contributed by atoms with Gasteiger partial charge in [0.05, 0.1) is 60.3 Å². The van der Waals surface area contributed by atoms with E-state index in [2.05, 4.69) is 121 Å². The molecular formula is C89H81N9O9. The number of benzene rings is 8. The monoisotopic (exact) mass is 1420 g/mol. The lowest BCUT2D eigenvalue weighted by Crippen LogP contribution is -2.32. The molecule has 17 rings (SSSR count). The van der Waals surface area contributed by atoms with E-state index < -0.39 is 17.6 Å². The van der Waals surface area contributed by atoms with Gasteiger partial charge in [0.1, 0.15) is 36.0 Å². The van der Waals surface area contributed by atoms with Gasteiger partial charge in [0.25, 0.3) is 0 Å². The number of imidazole rings is 3. The van der Waals surface area contributed by atoms with Gasteiger partial charge in [-0.25, -0.2) is 15.0 Å². The molecule has 0 saturated carbocycles. The van der Waals surface area contributed by atoms with E-state index in [9.17, 15) is 34.5 Å². The van der Waals surface area contributed by atoms with Gasteiger partial charge in [-0.2, -0.15) is 0 Å². The number of hydrogen-bond donors (Lipinski definition) is 3. The fraction of sp³-hybridized carbons (Fsp3) is 0.180. The third-order valence-corrected chi connectivity index (χ3v) is 20.3. The molecule has 14 aromatic rings. The number of fused-ring (bicyclic) bond motifs is 9. The molecular weight excluding hydrogens is 1340 g/mol. The average Bonchev–Trinajstić information content (AvgIpc) is 1.72. The van der Waals surface area contributed by atoms with E-state index in [-0.39, 0.29) is 84.6 Å². The van der Waals surface area contributed by atoms with Crippen LogP contribution in [0.3, 0.4) is 0 Å². The molecule has 5 atom stereocenters. The van der Waals surface area contributed by atoms with E-state index in [4.69, 9.17) is 9.47 Å². The van der Waals surface area contributed by atoms with E-state index in [1.807, 2.05) is 176 Å². The second-order valence-electron chi connectivity index (χ2n) is 26.8. The van der Waals surface area contributed by atoms with Crippen molar-refractivity contribution < 1.29 is 29.6 Å². The number of hydrogen-bond acceptors (Lipinski definition) is 12. The van der Waals surface area contributed by atoms with Crippen molar-refractivity contribution >= 4 is 6.29 Å². The van der Waals surface area contributed by atoms with E-state index in [0.717, 1.165) is 39.7 Å². The number of carbonyl (C=O) groups excluding carboxylic acids is 1. The summed E-state index contributed by atoms with van der Waals surface area (Å²) in [6.07, 6.45) is 9.68. The Hall–Kier alpha value is -12.8.